The van der Waals surface area contributed by atoms with E-state index in [0.29, 0.717) is 0 Å². The van der Waals surface area contributed by atoms with E-state index < -0.39 is 0 Å². The molecule has 0 fully saturated rings. The summed E-state index contributed by atoms with van der Waals surface area (Å²) in [6.45, 7) is 0.737. The van der Waals surface area contributed by atoms with Crippen LogP contribution in [0.2, 0.25) is 0 Å². The van der Waals surface area contributed by atoms with Gasteiger partial charge >= 0.3 is 0 Å². The van der Waals surface area contributed by atoms with Crippen molar-refractivity contribution in [1.29, 1.82) is 0 Å². The molecule has 0 amide bonds. The summed E-state index contributed by atoms with van der Waals surface area (Å²) >= 11 is 5.69. The maximum Gasteiger partial charge on any atom is 0.219 e. The lowest BCUT2D eigenvalue weighted by Crippen LogP contribution is -2.06. The van der Waals surface area contributed by atoms with E-state index in [1.807, 2.05) is 54.6 Å². The minimum absolute atomic E-state index is 0.113. The Morgan fingerprint density at radius 2 is 1.74 bits per heavy atom. The number of benzene rings is 2. The van der Waals surface area contributed by atoms with Crippen LogP contribution in [0.15, 0.2) is 59.5 Å². The summed E-state index contributed by atoms with van der Waals surface area (Å²) in [5.41, 5.74) is 1.75. The summed E-state index contributed by atoms with van der Waals surface area (Å²) in [5, 5.41) is 3.38. The van der Waals surface area contributed by atoms with Crippen molar-refractivity contribution in [1.82, 2.24) is 0 Å². The number of nitrogens with one attached hydrogen (secondary N) is 1. The molecule has 19 heavy (non-hydrogen) atoms. The molecule has 2 aromatic carbocycles. The fourth-order valence-corrected chi connectivity index (χ4v) is 2.54. The average molecular weight is 289 g/mol. The number of carbonyl (C=O) groups excluding carboxylic acids is 1. The van der Waals surface area contributed by atoms with E-state index in [-0.39, 0.29) is 5.12 Å². The summed E-state index contributed by atoms with van der Waals surface area (Å²) in [4.78, 5) is 12.8. The first kappa shape index (κ1) is 14.0. The van der Waals surface area contributed by atoms with Gasteiger partial charge in [-0.1, -0.05) is 54.2 Å². The van der Waals surface area contributed by atoms with Crippen molar-refractivity contribution in [3.05, 3.63) is 60.2 Å². The van der Waals surface area contributed by atoms with Gasteiger partial charge in [0.2, 0.25) is 5.12 Å². The second-order valence-corrected chi connectivity index (χ2v) is 5.50. The molecule has 0 heterocycles. The predicted octanol–water partition coefficient (Wildman–Crippen LogP) is 3.96. The Bertz CT molecular complexity index is 543. The van der Waals surface area contributed by atoms with Crippen LogP contribution in [0.4, 0.5) is 5.69 Å². The molecule has 0 spiro atoms. The Balaban J connectivity index is 1.76. The van der Waals surface area contributed by atoms with Crippen LogP contribution in [0, 0.1) is 0 Å². The van der Waals surface area contributed by atoms with Crippen LogP contribution in [0.3, 0.4) is 0 Å². The molecule has 0 aliphatic carbocycles. The molecule has 0 unspecified atom stereocenters. The second-order valence-electron chi connectivity index (χ2n) is 3.95. The van der Waals surface area contributed by atoms with Crippen molar-refractivity contribution in [2.45, 2.75) is 4.90 Å². The molecule has 4 heteroatoms. The molecule has 2 rings (SSSR count). The van der Waals surface area contributed by atoms with Crippen LogP contribution in [0.5, 0.6) is 0 Å². The van der Waals surface area contributed by atoms with Crippen LogP contribution >= 0.6 is 24.4 Å². The van der Waals surface area contributed by atoms with Gasteiger partial charge in [0.15, 0.2) is 0 Å². The van der Waals surface area contributed by atoms with E-state index >= 15 is 0 Å². The molecule has 0 radical (unpaired) electrons. The number of thioether (sulfide) groups is 1. The van der Waals surface area contributed by atoms with Crippen molar-refractivity contribution in [2.75, 3.05) is 17.6 Å². The van der Waals surface area contributed by atoms with E-state index in [2.05, 4.69) is 17.9 Å². The Kier molecular flexibility index (Phi) is 5.36. The van der Waals surface area contributed by atoms with Gasteiger partial charge < -0.3 is 5.32 Å². The standard InChI is InChI=1S/C15H15NOS2/c17-15(12-6-2-1-3-7-12)19-11-10-16-13-8-4-5-9-14(13)18/h1-9,16,18H,10-11H2. The third-order valence-corrected chi connectivity index (χ3v) is 3.86. The van der Waals surface area contributed by atoms with Crippen molar-refractivity contribution < 1.29 is 4.79 Å². The van der Waals surface area contributed by atoms with E-state index in [1.165, 1.54) is 11.8 Å². The van der Waals surface area contributed by atoms with Gasteiger partial charge in [-0.3, -0.25) is 4.79 Å². The van der Waals surface area contributed by atoms with Crippen LogP contribution in [0.25, 0.3) is 0 Å². The van der Waals surface area contributed by atoms with E-state index in [9.17, 15) is 4.79 Å². The summed E-state index contributed by atoms with van der Waals surface area (Å²) in [6.07, 6.45) is 0. The van der Waals surface area contributed by atoms with Gasteiger partial charge in [0.25, 0.3) is 0 Å². The smallest absolute Gasteiger partial charge is 0.219 e. The highest BCUT2D eigenvalue weighted by Crippen LogP contribution is 2.19. The van der Waals surface area contributed by atoms with Gasteiger partial charge in [-0.15, -0.1) is 12.6 Å². The minimum Gasteiger partial charge on any atom is -0.383 e. The Labute approximate surface area is 123 Å². The van der Waals surface area contributed by atoms with Crippen molar-refractivity contribution >= 4 is 35.2 Å². The first-order chi connectivity index (χ1) is 9.27. The Morgan fingerprint density at radius 3 is 2.47 bits per heavy atom. The molecule has 98 valence electrons. The fourth-order valence-electron chi connectivity index (χ4n) is 1.61. The summed E-state index contributed by atoms with van der Waals surface area (Å²) in [6, 6.07) is 17.2. The number of para-hydroxylation sites is 1. The molecule has 2 nitrogen and oxygen atoms in total. The summed E-state index contributed by atoms with van der Waals surface area (Å²) < 4.78 is 0. The molecule has 0 atom stereocenters. The molecular formula is C15H15NOS2. The lowest BCUT2D eigenvalue weighted by atomic mass is 10.2. The van der Waals surface area contributed by atoms with Gasteiger partial charge in [0.1, 0.15) is 0 Å². The zero-order valence-corrected chi connectivity index (χ0v) is 12.1. The summed E-state index contributed by atoms with van der Waals surface area (Å²) in [7, 11) is 0. The zero-order valence-electron chi connectivity index (χ0n) is 10.4. The third-order valence-electron chi connectivity index (χ3n) is 2.56. The monoisotopic (exact) mass is 289 g/mol. The van der Waals surface area contributed by atoms with Gasteiger partial charge in [-0.2, -0.15) is 0 Å². The molecular weight excluding hydrogens is 274 g/mol. The molecule has 0 bridgehead atoms. The summed E-state index contributed by atoms with van der Waals surface area (Å²) in [5.74, 6) is 0.732. The molecule has 0 saturated heterocycles. The maximum atomic E-state index is 11.8. The second kappa shape index (κ2) is 7.26. The number of thiol groups is 1. The maximum absolute atomic E-state index is 11.8. The van der Waals surface area contributed by atoms with Crippen molar-refractivity contribution in [2.24, 2.45) is 0 Å². The van der Waals surface area contributed by atoms with E-state index in [4.69, 9.17) is 0 Å². The Hall–Kier alpha value is -1.39. The normalized spacial score (nSPS) is 10.2. The van der Waals surface area contributed by atoms with Gasteiger partial charge in [0.05, 0.1) is 0 Å². The number of carbonyl (C=O) groups is 1. The third kappa shape index (κ3) is 4.33. The molecule has 0 aliphatic rings. The highest BCUT2D eigenvalue weighted by Gasteiger charge is 2.05. The largest absolute Gasteiger partial charge is 0.383 e. The number of hydrogen-bond donors (Lipinski definition) is 2. The molecule has 0 saturated carbocycles. The van der Waals surface area contributed by atoms with Crippen LogP contribution in [-0.4, -0.2) is 17.4 Å². The Morgan fingerprint density at radius 1 is 1.05 bits per heavy atom. The number of anilines is 1. The van der Waals surface area contributed by atoms with E-state index in [1.54, 1.807) is 0 Å². The van der Waals surface area contributed by atoms with Gasteiger partial charge in [-0.05, 0) is 12.1 Å². The molecule has 2 aromatic rings. The van der Waals surface area contributed by atoms with Crippen molar-refractivity contribution in [3.8, 4) is 0 Å². The first-order valence-electron chi connectivity index (χ1n) is 6.01. The highest BCUT2D eigenvalue weighted by molar-refractivity contribution is 8.14. The fraction of sp³-hybridized carbons (Fsp3) is 0.133. The SMILES string of the molecule is O=C(SCCNc1ccccc1S)c1ccccc1. The topological polar surface area (TPSA) is 29.1 Å². The minimum atomic E-state index is 0.113. The van der Waals surface area contributed by atoms with E-state index in [0.717, 1.165) is 28.4 Å². The zero-order chi connectivity index (χ0) is 13.5. The number of hydrogen-bond acceptors (Lipinski definition) is 4. The van der Waals surface area contributed by atoms with Crippen LogP contribution < -0.4 is 5.32 Å². The van der Waals surface area contributed by atoms with Gasteiger partial charge in [0, 0.05) is 28.4 Å². The van der Waals surface area contributed by atoms with Crippen molar-refractivity contribution in [3.63, 3.8) is 0 Å². The predicted molar refractivity (Wildman–Crippen MR) is 85.4 cm³/mol. The highest BCUT2D eigenvalue weighted by atomic mass is 32.2. The van der Waals surface area contributed by atoms with Gasteiger partial charge in [-0.25, -0.2) is 0 Å². The molecule has 0 aliphatic heterocycles. The average Bonchev–Trinajstić information content (AvgIpc) is 2.46. The quantitative estimate of drug-likeness (QED) is 0.645. The first-order valence-corrected chi connectivity index (χ1v) is 7.44. The number of rotatable bonds is 5. The lowest BCUT2D eigenvalue weighted by molar-refractivity contribution is 0.108. The molecule has 0 aromatic heterocycles. The lowest BCUT2D eigenvalue weighted by Gasteiger charge is -2.07. The van der Waals surface area contributed by atoms with Crippen LogP contribution in [-0.2, 0) is 0 Å². The molecule has 1 N–H and O–H groups in total. The van der Waals surface area contributed by atoms with Crippen LogP contribution in [0.1, 0.15) is 10.4 Å².